The molecule has 1 aromatic carbocycles. The number of rotatable bonds is 4. The molecule has 1 saturated heterocycles. The molecule has 0 radical (unpaired) electrons. The van der Waals surface area contributed by atoms with Crippen LogP contribution in [0.25, 0.3) is 0 Å². The molecular formula is C16H14Cl2F2N2O. The molecule has 23 heavy (non-hydrogen) atoms. The Morgan fingerprint density at radius 2 is 1.87 bits per heavy atom. The number of nitrogens with one attached hydrogen (secondary N) is 1. The van der Waals surface area contributed by atoms with Crippen molar-refractivity contribution in [3.63, 3.8) is 0 Å². The molecule has 1 aromatic heterocycles. The number of halogens is 4. The van der Waals surface area contributed by atoms with Gasteiger partial charge in [-0.05, 0) is 31.2 Å². The summed E-state index contributed by atoms with van der Waals surface area (Å²) in [6.45, 7) is 1.51. The van der Waals surface area contributed by atoms with E-state index < -0.39 is 23.5 Å². The number of benzene rings is 1. The molecule has 1 N–H and O–H groups in total. The summed E-state index contributed by atoms with van der Waals surface area (Å²) in [7, 11) is 0. The zero-order valence-electron chi connectivity index (χ0n) is 12.0. The van der Waals surface area contributed by atoms with Gasteiger partial charge in [-0.15, -0.1) is 0 Å². The number of hydrogen-bond donors (Lipinski definition) is 1. The summed E-state index contributed by atoms with van der Waals surface area (Å²) < 4.78 is 33.8. The average molecular weight is 359 g/mol. The summed E-state index contributed by atoms with van der Waals surface area (Å²) in [5, 5.41) is 3.65. The summed E-state index contributed by atoms with van der Waals surface area (Å²) in [4.78, 5) is 4.04. The predicted molar refractivity (Wildman–Crippen MR) is 85.0 cm³/mol. The lowest BCUT2D eigenvalue weighted by Gasteiger charge is -2.25. The maximum absolute atomic E-state index is 14.0. The first kappa shape index (κ1) is 16.4. The van der Waals surface area contributed by atoms with Crippen molar-refractivity contribution in [2.45, 2.75) is 12.5 Å². The minimum absolute atomic E-state index is 0.0177. The van der Waals surface area contributed by atoms with Crippen molar-refractivity contribution in [1.82, 2.24) is 10.3 Å². The molecule has 2 heterocycles. The third kappa shape index (κ3) is 3.74. The Balaban J connectivity index is 1.96. The van der Waals surface area contributed by atoms with Gasteiger partial charge in [-0.2, -0.15) is 0 Å². The van der Waals surface area contributed by atoms with E-state index in [1.54, 1.807) is 12.3 Å². The van der Waals surface area contributed by atoms with E-state index in [9.17, 15) is 8.78 Å². The van der Waals surface area contributed by atoms with Crippen LogP contribution in [0.15, 0.2) is 30.6 Å². The highest BCUT2D eigenvalue weighted by molar-refractivity contribution is 6.30. The molecule has 2 unspecified atom stereocenters. The topological polar surface area (TPSA) is 34.1 Å². The molecule has 0 amide bonds. The molecule has 2 atom stereocenters. The van der Waals surface area contributed by atoms with Gasteiger partial charge in [0.2, 0.25) is 0 Å². The second-order valence-electron chi connectivity index (χ2n) is 5.43. The van der Waals surface area contributed by atoms with Crippen molar-refractivity contribution in [3.05, 3.63) is 57.8 Å². The molecule has 2 aromatic rings. The first-order valence-corrected chi connectivity index (χ1v) is 7.92. The van der Waals surface area contributed by atoms with Crippen molar-refractivity contribution in [1.29, 1.82) is 0 Å². The van der Waals surface area contributed by atoms with Gasteiger partial charge in [-0.3, -0.25) is 4.98 Å². The lowest BCUT2D eigenvalue weighted by Crippen LogP contribution is -2.22. The highest BCUT2D eigenvalue weighted by Gasteiger charge is 2.30. The van der Waals surface area contributed by atoms with Crippen LogP contribution >= 0.6 is 23.2 Å². The minimum Gasteiger partial charge on any atom is -0.479 e. The quantitative estimate of drug-likeness (QED) is 0.879. The summed E-state index contributed by atoms with van der Waals surface area (Å²) in [6, 6.07) is 3.75. The first-order chi connectivity index (χ1) is 11.0. The zero-order valence-corrected chi connectivity index (χ0v) is 13.5. The molecule has 0 bridgehead atoms. The lowest BCUT2D eigenvalue weighted by molar-refractivity contribution is 0.131. The minimum atomic E-state index is -0.832. The van der Waals surface area contributed by atoms with Crippen LogP contribution < -0.4 is 10.1 Å². The highest BCUT2D eigenvalue weighted by atomic mass is 35.5. The van der Waals surface area contributed by atoms with Crippen LogP contribution in [-0.4, -0.2) is 18.1 Å². The van der Waals surface area contributed by atoms with E-state index in [-0.39, 0.29) is 10.9 Å². The van der Waals surface area contributed by atoms with Crippen molar-refractivity contribution >= 4 is 23.2 Å². The van der Waals surface area contributed by atoms with Crippen molar-refractivity contribution < 1.29 is 13.5 Å². The maximum Gasteiger partial charge on any atom is 0.191 e. The van der Waals surface area contributed by atoms with E-state index in [4.69, 9.17) is 27.9 Å². The second-order valence-corrected chi connectivity index (χ2v) is 6.30. The van der Waals surface area contributed by atoms with Gasteiger partial charge in [-0.25, -0.2) is 8.78 Å². The Hall–Kier alpha value is -1.43. The van der Waals surface area contributed by atoms with Gasteiger partial charge in [0.05, 0.1) is 5.02 Å². The summed E-state index contributed by atoms with van der Waals surface area (Å²) in [5.74, 6) is -2.04. The number of pyridine rings is 1. The molecule has 122 valence electrons. The van der Waals surface area contributed by atoms with Gasteiger partial charge in [0.15, 0.2) is 17.4 Å². The highest BCUT2D eigenvalue weighted by Crippen LogP contribution is 2.35. The van der Waals surface area contributed by atoms with Crippen LogP contribution in [0.3, 0.4) is 0 Å². The van der Waals surface area contributed by atoms with Crippen LogP contribution in [0, 0.1) is 17.6 Å². The van der Waals surface area contributed by atoms with E-state index in [0.29, 0.717) is 17.1 Å². The van der Waals surface area contributed by atoms with Crippen LogP contribution in [0.4, 0.5) is 8.78 Å². The van der Waals surface area contributed by atoms with Crippen molar-refractivity contribution in [2.75, 3.05) is 13.1 Å². The Bertz CT molecular complexity index is 685. The van der Waals surface area contributed by atoms with Gasteiger partial charge in [0, 0.05) is 35.4 Å². The number of aromatic nitrogens is 1. The zero-order chi connectivity index (χ0) is 16.4. The molecule has 1 aliphatic heterocycles. The van der Waals surface area contributed by atoms with Crippen LogP contribution in [0.5, 0.6) is 5.75 Å². The van der Waals surface area contributed by atoms with E-state index in [1.165, 1.54) is 6.20 Å². The monoisotopic (exact) mass is 358 g/mol. The first-order valence-electron chi connectivity index (χ1n) is 7.17. The SMILES string of the molecule is Fc1cc(Cl)cc(F)c1OC(c1cncc(Cl)c1)C1CCNC1. The Kier molecular flexibility index (Phi) is 4.99. The van der Waals surface area contributed by atoms with Gasteiger partial charge < -0.3 is 10.1 Å². The van der Waals surface area contributed by atoms with E-state index in [0.717, 1.165) is 25.1 Å². The number of ether oxygens (including phenoxy) is 1. The van der Waals surface area contributed by atoms with Crippen molar-refractivity contribution in [2.24, 2.45) is 5.92 Å². The van der Waals surface area contributed by atoms with Gasteiger partial charge >= 0.3 is 0 Å². The summed E-state index contributed by atoms with van der Waals surface area (Å²) in [5.41, 5.74) is 0.681. The fourth-order valence-corrected chi connectivity index (χ4v) is 3.10. The molecule has 0 aliphatic carbocycles. The standard InChI is InChI=1S/C16H14Cl2F2N2O/c17-11-4-13(19)16(14(20)5-11)23-15(9-1-2-21-6-9)10-3-12(18)8-22-7-10/h3-5,7-9,15,21H,1-2,6H2. The molecule has 7 heteroatoms. The van der Waals surface area contributed by atoms with E-state index in [2.05, 4.69) is 10.3 Å². The number of nitrogens with zero attached hydrogens (tertiary/aromatic N) is 1. The van der Waals surface area contributed by atoms with Gasteiger partial charge in [0.25, 0.3) is 0 Å². The molecule has 3 nitrogen and oxygen atoms in total. The fourth-order valence-electron chi connectivity index (χ4n) is 2.72. The second kappa shape index (κ2) is 6.99. The fraction of sp³-hybridized carbons (Fsp3) is 0.312. The summed E-state index contributed by atoms with van der Waals surface area (Å²) >= 11 is 11.6. The Morgan fingerprint density at radius 3 is 2.48 bits per heavy atom. The van der Waals surface area contributed by atoms with Crippen LogP contribution in [0.1, 0.15) is 18.1 Å². The van der Waals surface area contributed by atoms with Gasteiger partial charge in [0.1, 0.15) is 6.10 Å². The van der Waals surface area contributed by atoms with E-state index >= 15 is 0 Å². The smallest absolute Gasteiger partial charge is 0.191 e. The predicted octanol–water partition coefficient (Wildman–Crippen LogP) is 4.40. The normalized spacial score (nSPS) is 18.9. The molecular weight excluding hydrogens is 345 g/mol. The van der Waals surface area contributed by atoms with E-state index in [1.807, 2.05) is 0 Å². The van der Waals surface area contributed by atoms with Gasteiger partial charge in [-0.1, -0.05) is 23.2 Å². The van der Waals surface area contributed by atoms with Crippen LogP contribution in [0.2, 0.25) is 10.0 Å². The number of hydrogen-bond acceptors (Lipinski definition) is 3. The Labute approximate surface area is 142 Å². The molecule has 0 saturated carbocycles. The lowest BCUT2D eigenvalue weighted by atomic mass is 9.96. The molecule has 3 rings (SSSR count). The van der Waals surface area contributed by atoms with Crippen molar-refractivity contribution in [3.8, 4) is 5.75 Å². The third-order valence-corrected chi connectivity index (χ3v) is 4.21. The molecule has 0 spiro atoms. The van der Waals surface area contributed by atoms with Crippen LogP contribution in [-0.2, 0) is 0 Å². The molecule has 1 fully saturated rings. The largest absolute Gasteiger partial charge is 0.479 e. The molecule has 1 aliphatic rings. The Morgan fingerprint density at radius 1 is 1.13 bits per heavy atom. The third-order valence-electron chi connectivity index (χ3n) is 3.79. The average Bonchev–Trinajstić information content (AvgIpc) is 3.00. The maximum atomic E-state index is 14.0. The summed E-state index contributed by atoms with van der Waals surface area (Å²) in [6.07, 6.45) is 3.37.